The number of aryl methyl sites for hydroxylation is 1. The minimum Gasteiger partial charge on any atom is -0.382 e. The number of rotatable bonds is 8. The monoisotopic (exact) mass is 275 g/mol. The largest absolute Gasteiger partial charge is 0.382 e. The first-order valence-corrected chi connectivity index (χ1v) is 7.49. The minimum atomic E-state index is 0.406. The van der Waals surface area contributed by atoms with E-state index in [-0.39, 0.29) is 0 Å². The van der Waals surface area contributed by atoms with Gasteiger partial charge >= 0.3 is 0 Å². The Hall–Kier alpha value is -1.39. The van der Waals surface area contributed by atoms with E-state index in [1.165, 1.54) is 5.52 Å². The van der Waals surface area contributed by atoms with Crippen molar-refractivity contribution in [1.82, 2.24) is 14.9 Å². The number of ether oxygens (including phenoxy) is 1. The maximum atomic E-state index is 5.45. The van der Waals surface area contributed by atoms with Crippen molar-refractivity contribution in [2.75, 3.05) is 20.3 Å². The second kappa shape index (κ2) is 7.41. The van der Waals surface area contributed by atoms with Crippen molar-refractivity contribution in [1.29, 1.82) is 0 Å². The second-order valence-electron chi connectivity index (χ2n) is 4.94. The molecule has 0 saturated carbocycles. The van der Waals surface area contributed by atoms with Gasteiger partial charge < -0.3 is 14.6 Å². The van der Waals surface area contributed by atoms with Crippen molar-refractivity contribution in [3.63, 3.8) is 0 Å². The minimum absolute atomic E-state index is 0.406. The summed E-state index contributed by atoms with van der Waals surface area (Å²) >= 11 is 0. The summed E-state index contributed by atoms with van der Waals surface area (Å²) in [5, 5.41) is 3.37. The number of hydrogen-bond acceptors (Lipinski definition) is 3. The van der Waals surface area contributed by atoms with Crippen LogP contribution in [0.4, 0.5) is 0 Å². The van der Waals surface area contributed by atoms with Gasteiger partial charge in [0.2, 0.25) is 0 Å². The fourth-order valence-corrected chi connectivity index (χ4v) is 2.57. The Balaban J connectivity index is 2.14. The van der Waals surface area contributed by atoms with Crippen LogP contribution in [-0.4, -0.2) is 35.9 Å². The highest BCUT2D eigenvalue weighted by Crippen LogP contribution is 2.17. The molecule has 0 spiro atoms. The van der Waals surface area contributed by atoms with Crippen LogP contribution in [0.3, 0.4) is 0 Å². The molecule has 4 heteroatoms. The molecule has 0 amide bonds. The number of hydrogen-bond donors (Lipinski definition) is 1. The van der Waals surface area contributed by atoms with Crippen molar-refractivity contribution in [3.05, 3.63) is 30.1 Å². The number of benzene rings is 1. The molecule has 0 radical (unpaired) electrons. The zero-order valence-corrected chi connectivity index (χ0v) is 12.7. The predicted octanol–water partition coefficient (Wildman–Crippen LogP) is 2.61. The molecule has 0 aliphatic carbocycles. The van der Waals surface area contributed by atoms with Crippen molar-refractivity contribution in [2.24, 2.45) is 0 Å². The SMILES string of the molecule is CCOCCC(Cc1nc2ccccc2n1CC)NC. The summed E-state index contributed by atoms with van der Waals surface area (Å²) in [4.78, 5) is 4.78. The van der Waals surface area contributed by atoms with E-state index in [4.69, 9.17) is 9.72 Å². The smallest absolute Gasteiger partial charge is 0.111 e. The molecule has 1 aromatic carbocycles. The Labute approximate surface area is 121 Å². The fourth-order valence-electron chi connectivity index (χ4n) is 2.57. The second-order valence-corrected chi connectivity index (χ2v) is 4.94. The molecule has 2 rings (SSSR count). The van der Waals surface area contributed by atoms with Crippen LogP contribution in [0, 0.1) is 0 Å². The molecule has 0 saturated heterocycles. The van der Waals surface area contributed by atoms with E-state index in [0.29, 0.717) is 6.04 Å². The van der Waals surface area contributed by atoms with Gasteiger partial charge in [-0.3, -0.25) is 0 Å². The molecule has 2 aromatic rings. The molecule has 0 aliphatic rings. The van der Waals surface area contributed by atoms with Crippen LogP contribution in [0.2, 0.25) is 0 Å². The Kier molecular flexibility index (Phi) is 5.56. The van der Waals surface area contributed by atoms with Crippen LogP contribution in [-0.2, 0) is 17.7 Å². The molecule has 4 nitrogen and oxygen atoms in total. The van der Waals surface area contributed by atoms with Gasteiger partial charge in [0.05, 0.1) is 11.0 Å². The molecule has 0 aliphatic heterocycles. The summed E-state index contributed by atoms with van der Waals surface area (Å²) in [6, 6.07) is 8.75. The molecular formula is C16H25N3O. The third kappa shape index (κ3) is 3.38. The summed E-state index contributed by atoms with van der Waals surface area (Å²) in [5.74, 6) is 1.16. The van der Waals surface area contributed by atoms with Crippen molar-refractivity contribution >= 4 is 11.0 Å². The zero-order chi connectivity index (χ0) is 14.4. The van der Waals surface area contributed by atoms with E-state index in [0.717, 1.165) is 43.9 Å². The quantitative estimate of drug-likeness (QED) is 0.753. The lowest BCUT2D eigenvalue weighted by Crippen LogP contribution is -2.30. The standard InChI is InChI=1S/C16H25N3O/c1-4-19-15-9-7-6-8-14(15)18-16(19)12-13(17-3)10-11-20-5-2/h6-9,13,17H,4-5,10-12H2,1-3H3. The molecule has 0 fully saturated rings. The number of imidazole rings is 1. The normalized spacial score (nSPS) is 12.9. The van der Waals surface area contributed by atoms with Crippen LogP contribution in [0.25, 0.3) is 11.0 Å². The van der Waals surface area contributed by atoms with Gasteiger partial charge in [0.25, 0.3) is 0 Å². The van der Waals surface area contributed by atoms with Gasteiger partial charge in [-0.25, -0.2) is 4.98 Å². The third-order valence-electron chi connectivity index (χ3n) is 3.70. The summed E-state index contributed by atoms with van der Waals surface area (Å²) in [6.45, 7) is 6.74. The molecule has 110 valence electrons. The van der Waals surface area contributed by atoms with E-state index in [9.17, 15) is 0 Å². The van der Waals surface area contributed by atoms with Gasteiger partial charge in [-0.2, -0.15) is 0 Å². The fraction of sp³-hybridized carbons (Fsp3) is 0.562. The van der Waals surface area contributed by atoms with Crippen LogP contribution in [0.5, 0.6) is 0 Å². The number of likely N-dealkylation sites (N-methyl/N-ethyl adjacent to an activating group) is 1. The van der Waals surface area contributed by atoms with E-state index >= 15 is 0 Å². The maximum Gasteiger partial charge on any atom is 0.111 e. The van der Waals surface area contributed by atoms with Gasteiger partial charge in [-0.15, -0.1) is 0 Å². The lowest BCUT2D eigenvalue weighted by atomic mass is 10.1. The summed E-state index contributed by atoms with van der Waals surface area (Å²) in [5.41, 5.74) is 2.31. The number of aromatic nitrogens is 2. The highest BCUT2D eigenvalue weighted by atomic mass is 16.5. The summed E-state index contributed by atoms with van der Waals surface area (Å²) in [6.07, 6.45) is 1.95. The average Bonchev–Trinajstić information content (AvgIpc) is 2.83. The molecule has 20 heavy (non-hydrogen) atoms. The molecule has 1 heterocycles. The van der Waals surface area contributed by atoms with Crippen LogP contribution < -0.4 is 5.32 Å². The molecule has 0 bridgehead atoms. The summed E-state index contributed by atoms with van der Waals surface area (Å²) < 4.78 is 7.76. The number of nitrogens with zero attached hydrogens (tertiary/aromatic N) is 2. The van der Waals surface area contributed by atoms with E-state index in [2.05, 4.69) is 35.0 Å². The first kappa shape index (κ1) is 15.0. The van der Waals surface area contributed by atoms with Gasteiger partial charge in [-0.05, 0) is 39.4 Å². The maximum absolute atomic E-state index is 5.45. The number of nitrogens with one attached hydrogen (secondary N) is 1. The topological polar surface area (TPSA) is 39.1 Å². The number of para-hydroxylation sites is 2. The number of fused-ring (bicyclic) bond motifs is 1. The Morgan fingerprint density at radius 2 is 2.10 bits per heavy atom. The van der Waals surface area contributed by atoms with Gasteiger partial charge in [0.1, 0.15) is 5.82 Å². The van der Waals surface area contributed by atoms with Crippen molar-refractivity contribution in [2.45, 2.75) is 39.3 Å². The van der Waals surface area contributed by atoms with Gasteiger partial charge in [0.15, 0.2) is 0 Å². The highest BCUT2D eigenvalue weighted by molar-refractivity contribution is 5.75. The molecule has 1 aromatic heterocycles. The van der Waals surface area contributed by atoms with E-state index < -0.39 is 0 Å². The Morgan fingerprint density at radius 3 is 2.80 bits per heavy atom. The highest BCUT2D eigenvalue weighted by Gasteiger charge is 2.14. The Morgan fingerprint density at radius 1 is 1.30 bits per heavy atom. The zero-order valence-electron chi connectivity index (χ0n) is 12.7. The molecule has 1 unspecified atom stereocenters. The van der Waals surface area contributed by atoms with Gasteiger partial charge in [-0.1, -0.05) is 12.1 Å². The third-order valence-corrected chi connectivity index (χ3v) is 3.70. The first-order chi connectivity index (χ1) is 9.80. The van der Waals surface area contributed by atoms with Crippen molar-refractivity contribution in [3.8, 4) is 0 Å². The van der Waals surface area contributed by atoms with Crippen LogP contribution in [0.1, 0.15) is 26.1 Å². The van der Waals surface area contributed by atoms with E-state index in [1.807, 2.05) is 20.0 Å². The Bertz CT molecular complexity index is 536. The van der Waals surface area contributed by atoms with Crippen LogP contribution >= 0.6 is 0 Å². The lowest BCUT2D eigenvalue weighted by molar-refractivity contribution is 0.137. The van der Waals surface area contributed by atoms with Crippen molar-refractivity contribution < 1.29 is 4.74 Å². The first-order valence-electron chi connectivity index (χ1n) is 7.49. The summed E-state index contributed by atoms with van der Waals surface area (Å²) in [7, 11) is 2.01. The molecule has 1 atom stereocenters. The predicted molar refractivity (Wildman–Crippen MR) is 83.1 cm³/mol. The molecular weight excluding hydrogens is 250 g/mol. The lowest BCUT2D eigenvalue weighted by Gasteiger charge is -2.16. The molecule has 1 N–H and O–H groups in total. The van der Waals surface area contributed by atoms with Crippen LogP contribution in [0.15, 0.2) is 24.3 Å². The van der Waals surface area contributed by atoms with E-state index in [1.54, 1.807) is 0 Å². The van der Waals surface area contributed by atoms with Gasteiger partial charge in [0, 0.05) is 32.2 Å². The average molecular weight is 275 g/mol.